The fourth-order valence-electron chi connectivity index (χ4n) is 5.66. The minimum absolute atomic E-state index is 0.103. The zero-order valence-electron chi connectivity index (χ0n) is 24.6. The number of piperidine rings is 2. The van der Waals surface area contributed by atoms with E-state index in [0.717, 1.165) is 57.3 Å². The molecule has 2 amide bonds. The Morgan fingerprint density at radius 1 is 0.929 bits per heavy atom. The Balaban J connectivity index is 1.17. The zero-order valence-corrected chi connectivity index (χ0v) is 24.6. The highest BCUT2D eigenvalue weighted by molar-refractivity contribution is 6.04. The normalized spacial score (nSPS) is 17.6. The van der Waals surface area contributed by atoms with Crippen molar-refractivity contribution in [2.75, 3.05) is 43.4 Å². The molecular formula is C33H41N7O2. The molecule has 2 fully saturated rings. The smallest absolute Gasteiger partial charge is 0.275 e. The molecule has 9 heteroatoms. The summed E-state index contributed by atoms with van der Waals surface area (Å²) in [6, 6.07) is 12.9. The third kappa shape index (κ3) is 7.39. The molecule has 42 heavy (non-hydrogen) atoms. The van der Waals surface area contributed by atoms with Gasteiger partial charge in [-0.15, -0.1) is 0 Å². The Morgan fingerprint density at radius 2 is 1.62 bits per heavy atom. The molecule has 2 aliphatic rings. The Kier molecular flexibility index (Phi) is 9.92. The molecule has 0 radical (unpaired) electrons. The molecule has 0 bridgehead atoms. The van der Waals surface area contributed by atoms with Gasteiger partial charge in [0.15, 0.2) is 11.6 Å². The van der Waals surface area contributed by atoms with Crippen LogP contribution in [-0.4, -0.2) is 75.3 Å². The highest BCUT2D eigenvalue weighted by Gasteiger charge is 2.31. The van der Waals surface area contributed by atoms with Crippen molar-refractivity contribution in [2.45, 2.75) is 52.0 Å². The van der Waals surface area contributed by atoms with Gasteiger partial charge in [-0.05, 0) is 82.0 Å². The fourth-order valence-corrected chi connectivity index (χ4v) is 5.66. The van der Waals surface area contributed by atoms with Crippen LogP contribution >= 0.6 is 0 Å². The van der Waals surface area contributed by atoms with Crippen molar-refractivity contribution >= 4 is 34.5 Å². The van der Waals surface area contributed by atoms with E-state index in [-0.39, 0.29) is 17.9 Å². The van der Waals surface area contributed by atoms with Gasteiger partial charge in [-0.1, -0.05) is 43.4 Å². The summed E-state index contributed by atoms with van der Waals surface area (Å²) in [6.45, 7) is 8.52. The Bertz CT molecular complexity index is 1420. The van der Waals surface area contributed by atoms with E-state index in [1.54, 1.807) is 24.4 Å². The van der Waals surface area contributed by atoms with Gasteiger partial charge in [0, 0.05) is 37.8 Å². The quantitative estimate of drug-likeness (QED) is 0.338. The van der Waals surface area contributed by atoms with Gasteiger partial charge in [0.05, 0.1) is 11.0 Å². The predicted octanol–water partition coefficient (Wildman–Crippen LogP) is 5.30. The van der Waals surface area contributed by atoms with Gasteiger partial charge in [-0.3, -0.25) is 19.5 Å². The highest BCUT2D eigenvalue weighted by atomic mass is 16.2. The molecule has 0 unspecified atom stereocenters. The minimum atomic E-state index is -0.339. The molecule has 0 aliphatic carbocycles. The van der Waals surface area contributed by atoms with Crippen LogP contribution in [0.3, 0.4) is 0 Å². The summed E-state index contributed by atoms with van der Waals surface area (Å²) in [6.07, 6.45) is 12.7. The summed E-state index contributed by atoms with van der Waals surface area (Å²) in [5.74, 6) is 0.962. The molecule has 0 atom stereocenters. The second-order valence-corrected chi connectivity index (χ2v) is 11.0. The molecular weight excluding hydrogens is 526 g/mol. The molecule has 5 rings (SSSR count). The van der Waals surface area contributed by atoms with E-state index in [2.05, 4.69) is 52.6 Å². The molecule has 2 aliphatic heterocycles. The number of carbonyl (C=O) groups excluding carboxylic acids is 2. The number of fused-ring (bicyclic) bond motifs is 1. The van der Waals surface area contributed by atoms with E-state index in [1.165, 1.54) is 5.57 Å². The van der Waals surface area contributed by atoms with E-state index in [0.29, 0.717) is 41.8 Å². The topological polar surface area (TPSA) is 103 Å². The summed E-state index contributed by atoms with van der Waals surface area (Å²) < 4.78 is 0. The van der Waals surface area contributed by atoms with E-state index in [4.69, 9.17) is 9.97 Å². The average molecular weight is 568 g/mol. The van der Waals surface area contributed by atoms with Crippen molar-refractivity contribution in [1.82, 2.24) is 24.8 Å². The summed E-state index contributed by atoms with van der Waals surface area (Å²) >= 11 is 0. The number of benzene rings is 1. The fraction of sp³-hybridized carbons (Fsp3) is 0.424. The number of allylic oxidation sites excluding steroid dienone is 2. The zero-order chi connectivity index (χ0) is 29.3. The average Bonchev–Trinajstić information content (AvgIpc) is 3.04. The SMILES string of the molecule is C/C=C(\C=CCC)CN1CCC(C(=O)N2CCC(Nc3nc4ccccc4nc3NC(=O)c3ccccn3)CC2)CC1. The van der Waals surface area contributed by atoms with Crippen molar-refractivity contribution in [1.29, 1.82) is 0 Å². The van der Waals surface area contributed by atoms with Crippen LogP contribution in [0.1, 0.15) is 56.4 Å². The lowest BCUT2D eigenvalue weighted by atomic mass is 9.93. The van der Waals surface area contributed by atoms with Crippen LogP contribution in [0.15, 0.2) is 72.5 Å². The largest absolute Gasteiger partial charge is 0.364 e. The lowest BCUT2D eigenvalue weighted by Gasteiger charge is -2.37. The number of carbonyl (C=O) groups is 2. The molecule has 4 heterocycles. The molecule has 2 aromatic heterocycles. The number of hydrogen-bond donors (Lipinski definition) is 2. The molecule has 1 aromatic carbocycles. The monoisotopic (exact) mass is 567 g/mol. The number of hydrogen-bond acceptors (Lipinski definition) is 7. The first kappa shape index (κ1) is 29.4. The highest BCUT2D eigenvalue weighted by Crippen LogP contribution is 2.27. The van der Waals surface area contributed by atoms with Crippen molar-refractivity contribution < 1.29 is 9.59 Å². The number of anilines is 2. The van der Waals surface area contributed by atoms with E-state index < -0.39 is 0 Å². The first-order valence-corrected chi connectivity index (χ1v) is 15.1. The minimum Gasteiger partial charge on any atom is -0.364 e. The van der Waals surface area contributed by atoms with E-state index in [9.17, 15) is 9.59 Å². The maximum atomic E-state index is 13.4. The van der Waals surface area contributed by atoms with Crippen LogP contribution in [0.4, 0.5) is 11.6 Å². The van der Waals surface area contributed by atoms with E-state index in [1.807, 2.05) is 29.2 Å². The van der Waals surface area contributed by atoms with Gasteiger partial charge in [0.25, 0.3) is 5.91 Å². The number of nitrogens with zero attached hydrogens (tertiary/aromatic N) is 5. The maximum Gasteiger partial charge on any atom is 0.275 e. The van der Waals surface area contributed by atoms with Crippen LogP contribution in [0.5, 0.6) is 0 Å². The van der Waals surface area contributed by atoms with Crippen LogP contribution in [-0.2, 0) is 4.79 Å². The third-order valence-corrected chi connectivity index (χ3v) is 8.13. The lowest BCUT2D eigenvalue weighted by Crippen LogP contribution is -2.47. The number of pyridine rings is 1. The number of nitrogens with one attached hydrogen (secondary N) is 2. The Morgan fingerprint density at radius 3 is 2.26 bits per heavy atom. The molecule has 220 valence electrons. The van der Waals surface area contributed by atoms with Crippen LogP contribution < -0.4 is 10.6 Å². The molecule has 9 nitrogen and oxygen atoms in total. The predicted molar refractivity (Wildman–Crippen MR) is 167 cm³/mol. The molecule has 0 spiro atoms. The summed E-state index contributed by atoms with van der Waals surface area (Å²) in [4.78, 5) is 44.4. The number of amides is 2. The second kappa shape index (κ2) is 14.2. The number of para-hydroxylation sites is 2. The second-order valence-electron chi connectivity index (χ2n) is 11.0. The molecule has 2 saturated heterocycles. The van der Waals surface area contributed by atoms with E-state index >= 15 is 0 Å². The maximum absolute atomic E-state index is 13.4. The molecule has 0 saturated carbocycles. The van der Waals surface area contributed by atoms with Crippen LogP contribution in [0.25, 0.3) is 11.0 Å². The standard InChI is InChI=1S/C33H41N7O2/c1-3-5-10-24(4-2)23-39-19-14-25(15-20-39)33(42)40-21-16-26(17-22-40)35-30-31(37-28-12-7-6-11-27(28)36-30)38-32(41)29-13-8-9-18-34-29/h4-13,18,25-26H,3,14-17,19-23H2,1-2H3,(H,35,36)(H,37,38,41)/b10-5?,24-4+. The summed E-state index contributed by atoms with van der Waals surface area (Å²) in [5.41, 5.74) is 3.10. The molecule has 3 aromatic rings. The van der Waals surface area contributed by atoms with Gasteiger partial charge in [0.2, 0.25) is 5.91 Å². The molecule has 2 N–H and O–H groups in total. The number of likely N-dealkylation sites (tertiary alicyclic amines) is 2. The van der Waals surface area contributed by atoms with Gasteiger partial charge in [-0.25, -0.2) is 9.97 Å². The first-order chi connectivity index (χ1) is 20.5. The van der Waals surface area contributed by atoms with Crippen LogP contribution in [0, 0.1) is 5.92 Å². The van der Waals surface area contributed by atoms with Gasteiger partial charge < -0.3 is 15.5 Å². The van der Waals surface area contributed by atoms with Crippen molar-refractivity contribution in [3.63, 3.8) is 0 Å². The Hall–Kier alpha value is -4.11. The van der Waals surface area contributed by atoms with Crippen LogP contribution in [0.2, 0.25) is 0 Å². The summed E-state index contributed by atoms with van der Waals surface area (Å²) in [5, 5.41) is 6.41. The van der Waals surface area contributed by atoms with Gasteiger partial charge >= 0.3 is 0 Å². The van der Waals surface area contributed by atoms with Crippen molar-refractivity contribution in [3.05, 3.63) is 78.2 Å². The van der Waals surface area contributed by atoms with Gasteiger partial charge in [0.1, 0.15) is 5.69 Å². The van der Waals surface area contributed by atoms with Gasteiger partial charge in [-0.2, -0.15) is 0 Å². The third-order valence-electron chi connectivity index (χ3n) is 8.13. The van der Waals surface area contributed by atoms with Crippen molar-refractivity contribution in [3.8, 4) is 0 Å². The number of aromatic nitrogens is 3. The lowest BCUT2D eigenvalue weighted by molar-refractivity contribution is -0.138. The summed E-state index contributed by atoms with van der Waals surface area (Å²) in [7, 11) is 0. The first-order valence-electron chi connectivity index (χ1n) is 15.1. The van der Waals surface area contributed by atoms with Crippen molar-refractivity contribution in [2.24, 2.45) is 5.92 Å². The Labute approximate surface area is 248 Å². The number of rotatable bonds is 9.